The molecule has 2 fully saturated rings. The summed E-state index contributed by atoms with van der Waals surface area (Å²) >= 11 is 0. The van der Waals surface area contributed by atoms with Crippen LogP contribution in [0.2, 0.25) is 0 Å². The average molecular weight is 293 g/mol. The zero-order valence-corrected chi connectivity index (χ0v) is 11.8. The molecule has 0 saturated carbocycles. The standard InChI is InChI=1S/C13H19N5O3/c19-11-2-1-10(15-16-11)12(20)17-6-3-9(4-7-17)18-8-5-14-13(18)21/h9H,1-8H2,(H,14,21)(H,16,19). The monoisotopic (exact) mass is 293 g/mol. The highest BCUT2D eigenvalue weighted by Crippen LogP contribution is 2.19. The predicted octanol–water partition coefficient (Wildman–Crippen LogP) is -0.731. The zero-order chi connectivity index (χ0) is 14.8. The molecular weight excluding hydrogens is 274 g/mol. The summed E-state index contributed by atoms with van der Waals surface area (Å²) in [6.07, 6.45) is 2.30. The molecular formula is C13H19N5O3. The molecule has 0 atom stereocenters. The van der Waals surface area contributed by atoms with Gasteiger partial charge in [0.2, 0.25) is 5.91 Å². The summed E-state index contributed by atoms with van der Waals surface area (Å²) in [5.41, 5.74) is 2.77. The molecule has 3 aliphatic rings. The highest BCUT2D eigenvalue weighted by atomic mass is 16.2. The number of amides is 4. The highest BCUT2D eigenvalue weighted by Gasteiger charge is 2.33. The van der Waals surface area contributed by atoms with E-state index in [2.05, 4.69) is 15.8 Å². The van der Waals surface area contributed by atoms with Crippen LogP contribution in [0.5, 0.6) is 0 Å². The first-order chi connectivity index (χ1) is 10.1. The van der Waals surface area contributed by atoms with Crippen molar-refractivity contribution in [2.45, 2.75) is 31.7 Å². The number of nitrogens with one attached hydrogen (secondary N) is 2. The molecule has 0 aliphatic carbocycles. The number of hydrogen-bond acceptors (Lipinski definition) is 4. The van der Waals surface area contributed by atoms with E-state index in [1.807, 2.05) is 4.90 Å². The van der Waals surface area contributed by atoms with Gasteiger partial charge in [-0.15, -0.1) is 0 Å². The number of carbonyl (C=O) groups is 3. The second kappa shape index (κ2) is 5.71. The lowest BCUT2D eigenvalue weighted by molar-refractivity contribution is -0.125. The van der Waals surface area contributed by atoms with E-state index >= 15 is 0 Å². The molecule has 21 heavy (non-hydrogen) atoms. The Hall–Kier alpha value is -2.12. The van der Waals surface area contributed by atoms with E-state index < -0.39 is 0 Å². The Morgan fingerprint density at radius 1 is 1.14 bits per heavy atom. The maximum atomic E-state index is 12.3. The van der Waals surface area contributed by atoms with Crippen molar-refractivity contribution in [3.05, 3.63) is 0 Å². The van der Waals surface area contributed by atoms with Crippen LogP contribution in [0, 0.1) is 0 Å². The first kappa shape index (κ1) is 13.8. The van der Waals surface area contributed by atoms with Crippen molar-refractivity contribution in [3.8, 4) is 0 Å². The fourth-order valence-corrected chi connectivity index (χ4v) is 3.03. The van der Waals surface area contributed by atoms with Gasteiger partial charge < -0.3 is 15.1 Å². The minimum absolute atomic E-state index is 0.000792. The Morgan fingerprint density at radius 3 is 2.48 bits per heavy atom. The second-order valence-electron chi connectivity index (χ2n) is 5.54. The molecule has 0 aromatic rings. The average Bonchev–Trinajstić information content (AvgIpc) is 2.94. The summed E-state index contributed by atoms with van der Waals surface area (Å²) in [5, 5.41) is 6.65. The fraction of sp³-hybridized carbons (Fsp3) is 0.692. The van der Waals surface area contributed by atoms with E-state index in [9.17, 15) is 14.4 Å². The summed E-state index contributed by atoms with van der Waals surface area (Å²) < 4.78 is 0. The summed E-state index contributed by atoms with van der Waals surface area (Å²) in [6.45, 7) is 2.70. The molecule has 8 nitrogen and oxygen atoms in total. The lowest BCUT2D eigenvalue weighted by Gasteiger charge is -2.36. The Kier molecular flexibility index (Phi) is 3.76. The highest BCUT2D eigenvalue weighted by molar-refractivity contribution is 6.39. The first-order valence-corrected chi connectivity index (χ1v) is 7.34. The van der Waals surface area contributed by atoms with E-state index in [-0.39, 0.29) is 23.9 Å². The topological polar surface area (TPSA) is 94.1 Å². The number of hydrazone groups is 1. The van der Waals surface area contributed by atoms with Crippen LogP contribution < -0.4 is 10.7 Å². The summed E-state index contributed by atoms with van der Waals surface area (Å²) in [6, 6.07) is 0.212. The fourth-order valence-electron chi connectivity index (χ4n) is 3.03. The van der Waals surface area contributed by atoms with Crippen molar-refractivity contribution in [1.82, 2.24) is 20.5 Å². The molecule has 3 aliphatic heterocycles. The van der Waals surface area contributed by atoms with Crippen LogP contribution >= 0.6 is 0 Å². The van der Waals surface area contributed by atoms with Crippen molar-refractivity contribution in [2.24, 2.45) is 5.10 Å². The number of carbonyl (C=O) groups excluding carboxylic acids is 3. The van der Waals surface area contributed by atoms with Crippen molar-refractivity contribution >= 4 is 23.6 Å². The molecule has 8 heteroatoms. The third-order valence-electron chi connectivity index (χ3n) is 4.23. The van der Waals surface area contributed by atoms with Gasteiger partial charge >= 0.3 is 6.03 Å². The van der Waals surface area contributed by atoms with Crippen molar-refractivity contribution in [3.63, 3.8) is 0 Å². The third kappa shape index (κ3) is 2.84. The Bertz CT molecular complexity index is 496. The molecule has 2 N–H and O–H groups in total. The van der Waals surface area contributed by atoms with Crippen molar-refractivity contribution in [2.75, 3.05) is 26.2 Å². The number of likely N-dealkylation sites (tertiary alicyclic amines) is 1. The molecule has 114 valence electrons. The molecule has 3 heterocycles. The Morgan fingerprint density at radius 2 is 1.90 bits per heavy atom. The molecule has 0 bridgehead atoms. The molecule has 0 radical (unpaired) electrons. The van der Waals surface area contributed by atoms with Crippen LogP contribution in [0.4, 0.5) is 4.79 Å². The van der Waals surface area contributed by atoms with Crippen LogP contribution in [0.15, 0.2) is 5.10 Å². The van der Waals surface area contributed by atoms with Gasteiger partial charge in [-0.1, -0.05) is 0 Å². The van der Waals surface area contributed by atoms with Crippen LogP contribution in [0.1, 0.15) is 25.7 Å². The molecule has 0 aromatic carbocycles. The van der Waals surface area contributed by atoms with E-state index in [1.165, 1.54) is 0 Å². The Balaban J connectivity index is 1.54. The quantitative estimate of drug-likeness (QED) is 0.702. The van der Waals surface area contributed by atoms with Gasteiger partial charge in [0.05, 0.1) is 0 Å². The third-order valence-corrected chi connectivity index (χ3v) is 4.23. The summed E-state index contributed by atoms with van der Waals surface area (Å²) in [5.74, 6) is -0.246. The minimum Gasteiger partial charge on any atom is -0.337 e. The minimum atomic E-state index is -0.148. The van der Waals surface area contributed by atoms with Gasteiger partial charge in [0.1, 0.15) is 5.71 Å². The van der Waals surface area contributed by atoms with Gasteiger partial charge in [-0.2, -0.15) is 5.10 Å². The van der Waals surface area contributed by atoms with Crippen LogP contribution in [-0.2, 0) is 9.59 Å². The van der Waals surface area contributed by atoms with Gasteiger partial charge in [0.25, 0.3) is 5.91 Å². The number of rotatable bonds is 2. The van der Waals surface area contributed by atoms with Gasteiger partial charge in [0.15, 0.2) is 0 Å². The van der Waals surface area contributed by atoms with Gasteiger partial charge in [0, 0.05) is 45.1 Å². The molecule has 2 saturated heterocycles. The van der Waals surface area contributed by atoms with Crippen molar-refractivity contribution < 1.29 is 14.4 Å². The van der Waals surface area contributed by atoms with Gasteiger partial charge in [-0.25, -0.2) is 10.2 Å². The van der Waals surface area contributed by atoms with Gasteiger partial charge in [-0.05, 0) is 12.8 Å². The number of urea groups is 1. The lowest BCUT2D eigenvalue weighted by Crippen LogP contribution is -2.49. The smallest absolute Gasteiger partial charge is 0.317 e. The number of piperidine rings is 1. The van der Waals surface area contributed by atoms with E-state index in [4.69, 9.17) is 0 Å². The molecule has 0 unspecified atom stereocenters. The molecule has 0 spiro atoms. The van der Waals surface area contributed by atoms with Crippen molar-refractivity contribution in [1.29, 1.82) is 0 Å². The SMILES string of the molecule is O=C1CCC(C(=O)N2CCC(N3CCNC3=O)CC2)=NN1. The number of nitrogens with zero attached hydrogens (tertiary/aromatic N) is 3. The van der Waals surface area contributed by atoms with E-state index in [1.54, 1.807) is 4.90 Å². The lowest BCUT2D eigenvalue weighted by atomic mass is 10.0. The Labute approximate surface area is 122 Å². The molecule has 3 rings (SSSR count). The van der Waals surface area contributed by atoms with Crippen LogP contribution in [0.3, 0.4) is 0 Å². The zero-order valence-electron chi connectivity index (χ0n) is 11.8. The largest absolute Gasteiger partial charge is 0.337 e. The van der Waals surface area contributed by atoms with Crippen LogP contribution in [0.25, 0.3) is 0 Å². The maximum absolute atomic E-state index is 12.3. The summed E-state index contributed by atoms with van der Waals surface area (Å²) in [4.78, 5) is 38.6. The summed E-state index contributed by atoms with van der Waals surface area (Å²) in [7, 11) is 0. The first-order valence-electron chi connectivity index (χ1n) is 7.34. The normalized spacial score (nSPS) is 23.7. The van der Waals surface area contributed by atoms with E-state index in [0.717, 1.165) is 19.4 Å². The van der Waals surface area contributed by atoms with Crippen LogP contribution in [-0.4, -0.2) is 65.6 Å². The van der Waals surface area contributed by atoms with E-state index in [0.29, 0.717) is 38.2 Å². The maximum Gasteiger partial charge on any atom is 0.317 e. The second-order valence-corrected chi connectivity index (χ2v) is 5.54. The number of hydrogen-bond donors (Lipinski definition) is 2. The predicted molar refractivity (Wildman–Crippen MR) is 74.5 cm³/mol. The molecule has 0 aromatic heterocycles. The molecule has 4 amide bonds. The van der Waals surface area contributed by atoms with Gasteiger partial charge in [-0.3, -0.25) is 9.59 Å².